The Labute approximate surface area is 268 Å². The monoisotopic (exact) mass is 611 g/mol. The number of carbonyl (C=O) groups is 1. The number of ether oxygens (including phenoxy) is 1. The molecular formula is C37H49N5O3. The van der Waals surface area contributed by atoms with E-state index in [1.165, 1.54) is 35.2 Å². The van der Waals surface area contributed by atoms with Gasteiger partial charge in [0.25, 0.3) is 0 Å². The van der Waals surface area contributed by atoms with Gasteiger partial charge in [0.1, 0.15) is 12.1 Å². The Hall–Kier alpha value is -3.52. The molecule has 1 N–H and O–H groups in total. The lowest BCUT2D eigenvalue weighted by Gasteiger charge is -2.41. The summed E-state index contributed by atoms with van der Waals surface area (Å²) in [6.45, 7) is 17.8. The molecule has 4 heterocycles. The third-order valence-electron chi connectivity index (χ3n) is 9.88. The minimum atomic E-state index is -1.12. The SMILES string of the molecule is Cc1nc(C)c([C@H](OC(C)(C)C)C(=O)O)c(N2CCC(C)(C)CC2)c1-c1ccc2c(c1)CCN(c1ncnc3c1CCCC3)C2. The molecule has 0 amide bonds. The maximum atomic E-state index is 12.8. The fourth-order valence-corrected chi connectivity index (χ4v) is 7.42. The minimum Gasteiger partial charge on any atom is -0.479 e. The molecule has 240 valence electrons. The largest absolute Gasteiger partial charge is 0.479 e. The number of carboxylic acid groups (broad SMARTS) is 1. The number of fused-ring (bicyclic) bond motifs is 2. The zero-order valence-corrected chi connectivity index (χ0v) is 28.2. The topological polar surface area (TPSA) is 91.7 Å². The van der Waals surface area contributed by atoms with Crippen LogP contribution in [0.5, 0.6) is 0 Å². The number of benzene rings is 1. The molecule has 3 aromatic rings. The molecule has 0 unspecified atom stereocenters. The number of aryl methyl sites for hydroxylation is 3. The third-order valence-corrected chi connectivity index (χ3v) is 9.88. The number of aliphatic carboxylic acids is 1. The molecule has 6 rings (SSSR count). The van der Waals surface area contributed by atoms with Gasteiger partial charge < -0.3 is 19.6 Å². The smallest absolute Gasteiger partial charge is 0.337 e. The van der Waals surface area contributed by atoms with E-state index in [1.807, 2.05) is 27.7 Å². The first kappa shape index (κ1) is 31.5. The number of carboxylic acids is 1. The lowest BCUT2D eigenvalue weighted by atomic mass is 9.81. The van der Waals surface area contributed by atoms with Crippen LogP contribution < -0.4 is 9.80 Å². The second kappa shape index (κ2) is 12.0. The van der Waals surface area contributed by atoms with Gasteiger partial charge in [-0.2, -0.15) is 0 Å². The molecule has 0 spiro atoms. The summed E-state index contributed by atoms with van der Waals surface area (Å²) in [6.07, 6.45) is 8.13. The summed E-state index contributed by atoms with van der Waals surface area (Å²) in [5.74, 6) is 0.118. The van der Waals surface area contributed by atoms with Gasteiger partial charge in [0.2, 0.25) is 0 Å². The number of hydrogen-bond acceptors (Lipinski definition) is 7. The zero-order valence-electron chi connectivity index (χ0n) is 28.2. The van der Waals surface area contributed by atoms with Gasteiger partial charge in [-0.15, -0.1) is 0 Å². The number of aromatic nitrogens is 3. The summed E-state index contributed by atoms with van der Waals surface area (Å²) in [5, 5.41) is 10.5. The summed E-state index contributed by atoms with van der Waals surface area (Å²) in [7, 11) is 0. The van der Waals surface area contributed by atoms with E-state index >= 15 is 0 Å². The van der Waals surface area contributed by atoms with E-state index in [9.17, 15) is 9.90 Å². The first-order valence-electron chi connectivity index (χ1n) is 16.7. The van der Waals surface area contributed by atoms with Crippen molar-refractivity contribution in [1.82, 2.24) is 15.0 Å². The van der Waals surface area contributed by atoms with Gasteiger partial charge in [-0.25, -0.2) is 14.8 Å². The Morgan fingerprint density at radius 1 is 0.956 bits per heavy atom. The standard InChI is InChI=1S/C37H49N5O3/c1-23-30(26-12-13-27-21-42(17-14-25(27)20-26)34-28-10-8-9-11-29(28)38-22-39-34)32(41-18-15-37(6,7)16-19-41)31(24(2)40-23)33(35(43)44)45-36(3,4)5/h12-13,20,22,33H,8-11,14-19,21H2,1-7H3,(H,43,44)/t33-/m0/s1. The Bertz CT molecular complexity index is 1600. The molecule has 8 heteroatoms. The second-order valence-electron chi connectivity index (χ2n) is 15.0. The third kappa shape index (κ3) is 6.44. The number of nitrogens with zero attached hydrogens (tertiary/aromatic N) is 5. The zero-order chi connectivity index (χ0) is 32.1. The maximum Gasteiger partial charge on any atom is 0.337 e. The minimum absolute atomic E-state index is 0.253. The van der Waals surface area contributed by atoms with Gasteiger partial charge in [0.05, 0.1) is 11.3 Å². The lowest BCUT2D eigenvalue weighted by molar-refractivity contribution is -0.160. The van der Waals surface area contributed by atoms with Crippen molar-refractivity contribution in [3.05, 3.63) is 63.9 Å². The molecule has 1 fully saturated rings. The van der Waals surface area contributed by atoms with Gasteiger partial charge in [0, 0.05) is 60.0 Å². The van der Waals surface area contributed by atoms with Gasteiger partial charge in [-0.1, -0.05) is 32.0 Å². The molecule has 2 aromatic heterocycles. The van der Waals surface area contributed by atoms with Gasteiger partial charge >= 0.3 is 5.97 Å². The summed E-state index contributed by atoms with van der Waals surface area (Å²) in [6, 6.07) is 6.79. The summed E-state index contributed by atoms with van der Waals surface area (Å²) in [4.78, 5) is 32.0. The van der Waals surface area contributed by atoms with Gasteiger partial charge in [-0.3, -0.25) is 4.98 Å². The van der Waals surface area contributed by atoms with Crippen LogP contribution >= 0.6 is 0 Å². The molecule has 0 bridgehead atoms. The van der Waals surface area contributed by atoms with Crippen LogP contribution in [0.4, 0.5) is 11.5 Å². The van der Waals surface area contributed by atoms with Gasteiger partial charge in [0.15, 0.2) is 6.10 Å². The van der Waals surface area contributed by atoms with Crippen LogP contribution in [0.25, 0.3) is 11.1 Å². The van der Waals surface area contributed by atoms with Crippen molar-refractivity contribution in [2.24, 2.45) is 5.41 Å². The predicted molar refractivity (Wildman–Crippen MR) is 179 cm³/mol. The second-order valence-corrected chi connectivity index (χ2v) is 15.0. The number of piperidine rings is 1. The average Bonchev–Trinajstić information content (AvgIpc) is 2.98. The molecule has 2 aliphatic heterocycles. The number of rotatable bonds is 6. The van der Waals surface area contributed by atoms with E-state index in [4.69, 9.17) is 14.7 Å². The number of hydrogen-bond donors (Lipinski definition) is 1. The fraction of sp³-hybridized carbons (Fsp3) is 0.568. The Kier molecular flexibility index (Phi) is 8.40. The summed E-state index contributed by atoms with van der Waals surface area (Å²) in [5.41, 5.74) is 10.2. The predicted octanol–water partition coefficient (Wildman–Crippen LogP) is 7.16. The highest BCUT2D eigenvalue weighted by molar-refractivity contribution is 5.88. The number of anilines is 2. The molecular weight excluding hydrogens is 562 g/mol. The Morgan fingerprint density at radius 2 is 1.69 bits per heavy atom. The number of pyridine rings is 1. The van der Waals surface area contributed by atoms with E-state index < -0.39 is 17.7 Å². The molecule has 45 heavy (non-hydrogen) atoms. The quantitative estimate of drug-likeness (QED) is 0.314. The van der Waals surface area contributed by atoms with Crippen molar-refractivity contribution >= 4 is 17.5 Å². The van der Waals surface area contributed by atoms with E-state index in [-0.39, 0.29) is 5.41 Å². The van der Waals surface area contributed by atoms with E-state index in [0.29, 0.717) is 5.56 Å². The molecule has 1 saturated heterocycles. The average molecular weight is 612 g/mol. The van der Waals surface area contributed by atoms with Crippen molar-refractivity contribution in [3.8, 4) is 11.1 Å². The van der Waals surface area contributed by atoms with Gasteiger partial charge in [-0.05, 0) is 102 Å². The highest BCUT2D eigenvalue weighted by Crippen LogP contribution is 2.45. The molecule has 3 aliphatic rings. The summed E-state index contributed by atoms with van der Waals surface area (Å²) >= 11 is 0. The van der Waals surface area contributed by atoms with Crippen molar-refractivity contribution in [2.75, 3.05) is 29.4 Å². The fourth-order valence-electron chi connectivity index (χ4n) is 7.42. The van der Waals surface area contributed by atoms with Crippen molar-refractivity contribution in [1.29, 1.82) is 0 Å². The normalized spacial score (nSPS) is 18.7. The first-order chi connectivity index (χ1) is 21.3. The molecule has 1 aromatic carbocycles. The summed E-state index contributed by atoms with van der Waals surface area (Å²) < 4.78 is 6.27. The molecule has 8 nitrogen and oxygen atoms in total. The van der Waals surface area contributed by atoms with E-state index in [2.05, 4.69) is 53.8 Å². The first-order valence-corrected chi connectivity index (χ1v) is 16.7. The van der Waals surface area contributed by atoms with Crippen LogP contribution in [0.15, 0.2) is 24.5 Å². The van der Waals surface area contributed by atoms with Crippen molar-refractivity contribution in [2.45, 2.75) is 112 Å². The van der Waals surface area contributed by atoms with Crippen LogP contribution in [-0.4, -0.2) is 51.3 Å². The molecule has 1 aliphatic carbocycles. The van der Waals surface area contributed by atoms with E-state index in [0.717, 1.165) is 92.3 Å². The van der Waals surface area contributed by atoms with Crippen LogP contribution in [0.3, 0.4) is 0 Å². The maximum absolute atomic E-state index is 12.8. The molecule has 0 saturated carbocycles. The van der Waals surface area contributed by atoms with Crippen LogP contribution in [-0.2, 0) is 35.3 Å². The lowest BCUT2D eigenvalue weighted by Crippen LogP contribution is -2.39. The van der Waals surface area contributed by atoms with Crippen LogP contribution in [0.2, 0.25) is 0 Å². The van der Waals surface area contributed by atoms with Crippen molar-refractivity contribution in [3.63, 3.8) is 0 Å². The van der Waals surface area contributed by atoms with E-state index in [1.54, 1.807) is 6.33 Å². The Morgan fingerprint density at radius 3 is 2.40 bits per heavy atom. The van der Waals surface area contributed by atoms with Crippen molar-refractivity contribution < 1.29 is 14.6 Å². The molecule has 0 radical (unpaired) electrons. The van der Waals surface area contributed by atoms with Crippen LogP contribution in [0.1, 0.15) is 106 Å². The van der Waals surface area contributed by atoms with Crippen LogP contribution in [0, 0.1) is 19.3 Å². The molecule has 1 atom stereocenters. The highest BCUT2D eigenvalue weighted by atomic mass is 16.5. The highest BCUT2D eigenvalue weighted by Gasteiger charge is 2.37. The Balaban J connectivity index is 1.43.